The standard InChI is InChI=1S/C13H24ClNO/c1-3-13(4-2,9-14)10-15-12(16)8-11-6-5-7-11/h11H,3-10H2,1-2H3,(H,15,16). The van der Waals surface area contributed by atoms with Crippen LogP contribution in [0.1, 0.15) is 52.4 Å². The molecule has 1 saturated carbocycles. The van der Waals surface area contributed by atoms with Gasteiger partial charge in [0.2, 0.25) is 5.91 Å². The SMILES string of the molecule is CCC(CC)(CCl)CNC(=O)CC1CCC1. The molecule has 1 N–H and O–H groups in total. The van der Waals surface area contributed by atoms with Gasteiger partial charge in [-0.05, 0) is 31.6 Å². The molecule has 1 amide bonds. The Morgan fingerprint density at radius 3 is 2.38 bits per heavy atom. The second kappa shape index (κ2) is 6.48. The number of nitrogens with one attached hydrogen (secondary N) is 1. The third-order valence-electron chi connectivity index (χ3n) is 4.14. The Hall–Kier alpha value is -0.240. The lowest BCUT2D eigenvalue weighted by molar-refractivity contribution is -0.123. The monoisotopic (exact) mass is 245 g/mol. The molecule has 1 aliphatic rings. The first kappa shape index (κ1) is 13.8. The van der Waals surface area contributed by atoms with Crippen LogP contribution < -0.4 is 5.32 Å². The van der Waals surface area contributed by atoms with E-state index in [1.54, 1.807) is 0 Å². The smallest absolute Gasteiger partial charge is 0.220 e. The molecule has 0 bridgehead atoms. The first-order valence-electron chi connectivity index (χ1n) is 6.48. The fourth-order valence-corrected chi connectivity index (χ4v) is 2.53. The molecule has 0 aromatic carbocycles. The van der Waals surface area contributed by atoms with Crippen LogP contribution in [0.4, 0.5) is 0 Å². The number of carbonyl (C=O) groups is 1. The summed E-state index contributed by atoms with van der Waals surface area (Å²) in [6, 6.07) is 0. The van der Waals surface area contributed by atoms with E-state index in [4.69, 9.17) is 11.6 Å². The van der Waals surface area contributed by atoms with Gasteiger partial charge in [0.05, 0.1) is 0 Å². The predicted molar refractivity (Wildman–Crippen MR) is 68.7 cm³/mol. The average molecular weight is 246 g/mol. The number of rotatable bonds is 7. The zero-order valence-corrected chi connectivity index (χ0v) is 11.3. The van der Waals surface area contributed by atoms with Gasteiger partial charge in [-0.1, -0.05) is 20.3 Å². The maximum Gasteiger partial charge on any atom is 0.220 e. The van der Waals surface area contributed by atoms with Crippen LogP contribution in [0.5, 0.6) is 0 Å². The number of carbonyl (C=O) groups excluding carboxylic acids is 1. The zero-order chi connectivity index (χ0) is 12.0. The lowest BCUT2D eigenvalue weighted by Crippen LogP contribution is -2.39. The molecule has 1 aliphatic carbocycles. The average Bonchev–Trinajstić information content (AvgIpc) is 2.26. The van der Waals surface area contributed by atoms with Crippen molar-refractivity contribution in [2.45, 2.75) is 52.4 Å². The summed E-state index contributed by atoms with van der Waals surface area (Å²) >= 11 is 6.00. The topological polar surface area (TPSA) is 29.1 Å². The molecule has 0 heterocycles. The molecular weight excluding hydrogens is 222 g/mol. The van der Waals surface area contributed by atoms with E-state index in [0.29, 0.717) is 18.2 Å². The highest BCUT2D eigenvalue weighted by atomic mass is 35.5. The van der Waals surface area contributed by atoms with E-state index < -0.39 is 0 Å². The van der Waals surface area contributed by atoms with Crippen LogP contribution in [0.15, 0.2) is 0 Å². The van der Waals surface area contributed by atoms with Crippen molar-refractivity contribution < 1.29 is 4.79 Å². The number of alkyl halides is 1. The molecule has 0 aromatic rings. The second-order valence-corrected chi connectivity index (χ2v) is 5.39. The Morgan fingerprint density at radius 1 is 1.38 bits per heavy atom. The van der Waals surface area contributed by atoms with Crippen molar-refractivity contribution in [2.75, 3.05) is 12.4 Å². The maximum atomic E-state index is 11.7. The summed E-state index contributed by atoms with van der Waals surface area (Å²) in [5, 5.41) is 3.05. The fourth-order valence-electron chi connectivity index (χ4n) is 2.05. The Kier molecular flexibility index (Phi) is 5.60. The molecule has 1 fully saturated rings. The predicted octanol–water partition coefficient (Wildman–Crippen LogP) is 3.34. The van der Waals surface area contributed by atoms with Gasteiger partial charge >= 0.3 is 0 Å². The highest BCUT2D eigenvalue weighted by Crippen LogP contribution is 2.30. The summed E-state index contributed by atoms with van der Waals surface area (Å²) in [6.45, 7) is 5.02. The van der Waals surface area contributed by atoms with Crippen molar-refractivity contribution in [3.05, 3.63) is 0 Å². The largest absolute Gasteiger partial charge is 0.355 e. The van der Waals surface area contributed by atoms with Crippen LogP contribution >= 0.6 is 11.6 Å². The van der Waals surface area contributed by atoms with Crippen molar-refractivity contribution in [1.29, 1.82) is 0 Å². The van der Waals surface area contributed by atoms with E-state index in [1.165, 1.54) is 19.3 Å². The molecule has 1 rings (SSSR count). The minimum absolute atomic E-state index is 0.0941. The van der Waals surface area contributed by atoms with Gasteiger partial charge < -0.3 is 5.32 Å². The van der Waals surface area contributed by atoms with Gasteiger partial charge in [0.25, 0.3) is 0 Å². The molecule has 16 heavy (non-hydrogen) atoms. The normalized spacial score (nSPS) is 16.9. The molecule has 0 aliphatic heterocycles. The van der Waals surface area contributed by atoms with Crippen LogP contribution in [0.3, 0.4) is 0 Å². The maximum absolute atomic E-state index is 11.7. The molecule has 3 heteroatoms. The minimum Gasteiger partial charge on any atom is -0.355 e. The highest BCUT2D eigenvalue weighted by Gasteiger charge is 2.26. The lowest BCUT2D eigenvalue weighted by atomic mass is 9.82. The van der Waals surface area contributed by atoms with Gasteiger partial charge in [0.15, 0.2) is 0 Å². The Labute approximate surface area is 104 Å². The van der Waals surface area contributed by atoms with E-state index in [0.717, 1.165) is 19.4 Å². The van der Waals surface area contributed by atoms with Gasteiger partial charge in [0.1, 0.15) is 0 Å². The first-order valence-corrected chi connectivity index (χ1v) is 7.02. The third kappa shape index (κ3) is 3.65. The van der Waals surface area contributed by atoms with E-state index in [1.807, 2.05) is 0 Å². The van der Waals surface area contributed by atoms with Crippen molar-refractivity contribution in [3.63, 3.8) is 0 Å². The summed E-state index contributed by atoms with van der Waals surface area (Å²) in [5.74, 6) is 1.48. The molecule has 0 radical (unpaired) electrons. The summed E-state index contributed by atoms with van der Waals surface area (Å²) < 4.78 is 0. The molecule has 0 saturated heterocycles. The minimum atomic E-state index is 0.0941. The number of hydrogen-bond donors (Lipinski definition) is 1. The van der Waals surface area contributed by atoms with E-state index in [2.05, 4.69) is 19.2 Å². The molecule has 0 atom stereocenters. The zero-order valence-electron chi connectivity index (χ0n) is 10.5. The summed E-state index contributed by atoms with van der Waals surface area (Å²) in [5.41, 5.74) is 0.0941. The molecule has 94 valence electrons. The Balaban J connectivity index is 2.27. The van der Waals surface area contributed by atoms with Crippen molar-refractivity contribution in [3.8, 4) is 0 Å². The molecule has 0 unspecified atom stereocenters. The van der Waals surface area contributed by atoms with Gasteiger partial charge in [-0.15, -0.1) is 11.6 Å². The lowest BCUT2D eigenvalue weighted by Gasteiger charge is -2.30. The Bertz CT molecular complexity index is 214. The quantitative estimate of drug-likeness (QED) is 0.685. The molecule has 2 nitrogen and oxygen atoms in total. The highest BCUT2D eigenvalue weighted by molar-refractivity contribution is 6.18. The number of halogens is 1. The number of amides is 1. The van der Waals surface area contributed by atoms with Crippen LogP contribution in [0.25, 0.3) is 0 Å². The molecular formula is C13H24ClNO. The van der Waals surface area contributed by atoms with Crippen molar-refractivity contribution in [1.82, 2.24) is 5.32 Å². The van der Waals surface area contributed by atoms with Gasteiger partial charge in [-0.3, -0.25) is 4.79 Å². The van der Waals surface area contributed by atoms with Gasteiger partial charge in [-0.25, -0.2) is 0 Å². The summed E-state index contributed by atoms with van der Waals surface area (Å²) in [6.07, 6.45) is 6.53. The van der Waals surface area contributed by atoms with Crippen LogP contribution in [-0.4, -0.2) is 18.3 Å². The van der Waals surface area contributed by atoms with Crippen LogP contribution in [-0.2, 0) is 4.79 Å². The molecule has 0 spiro atoms. The van der Waals surface area contributed by atoms with Gasteiger partial charge in [0, 0.05) is 24.3 Å². The van der Waals surface area contributed by atoms with Crippen molar-refractivity contribution in [2.24, 2.45) is 11.3 Å². The number of hydrogen-bond acceptors (Lipinski definition) is 1. The molecule has 0 aromatic heterocycles. The third-order valence-corrected chi connectivity index (χ3v) is 4.71. The van der Waals surface area contributed by atoms with E-state index in [-0.39, 0.29) is 11.3 Å². The first-order chi connectivity index (χ1) is 7.65. The van der Waals surface area contributed by atoms with E-state index in [9.17, 15) is 4.79 Å². The van der Waals surface area contributed by atoms with Gasteiger partial charge in [-0.2, -0.15) is 0 Å². The summed E-state index contributed by atoms with van der Waals surface area (Å²) in [7, 11) is 0. The fraction of sp³-hybridized carbons (Fsp3) is 0.923. The van der Waals surface area contributed by atoms with Crippen molar-refractivity contribution >= 4 is 17.5 Å². The Morgan fingerprint density at radius 2 is 2.00 bits per heavy atom. The summed E-state index contributed by atoms with van der Waals surface area (Å²) in [4.78, 5) is 11.7. The van der Waals surface area contributed by atoms with E-state index >= 15 is 0 Å². The second-order valence-electron chi connectivity index (χ2n) is 5.12. The van der Waals surface area contributed by atoms with Crippen LogP contribution in [0, 0.1) is 11.3 Å². The van der Waals surface area contributed by atoms with Crippen LogP contribution in [0.2, 0.25) is 0 Å².